The molecule has 0 heterocycles. The molecule has 102 valence electrons. The van der Waals surface area contributed by atoms with E-state index in [4.69, 9.17) is 4.74 Å². The molecule has 0 aliphatic rings. The Morgan fingerprint density at radius 2 is 1.72 bits per heavy atom. The first-order chi connectivity index (χ1) is 8.34. The quantitative estimate of drug-likeness (QED) is 0.710. The van der Waals surface area contributed by atoms with E-state index in [2.05, 4.69) is 29.8 Å². The lowest BCUT2D eigenvalue weighted by Crippen LogP contribution is -2.19. The van der Waals surface area contributed by atoms with Gasteiger partial charge in [-0.3, -0.25) is 0 Å². The molecule has 1 aromatic rings. The lowest BCUT2D eigenvalue weighted by atomic mass is 9.99. The molecule has 0 N–H and O–H groups in total. The maximum absolute atomic E-state index is 12.3. The summed E-state index contributed by atoms with van der Waals surface area (Å²) < 4.78 is 42.5. The van der Waals surface area contributed by atoms with Gasteiger partial charge < -0.3 is 4.74 Å². The third-order valence-electron chi connectivity index (χ3n) is 2.79. The summed E-state index contributed by atoms with van der Waals surface area (Å²) in [6.07, 6.45) is -4.30. The molecule has 0 spiro atoms. The van der Waals surface area contributed by atoms with Gasteiger partial charge in [-0.15, -0.1) is 0 Å². The number of hydrogen-bond acceptors (Lipinski definition) is 1. The zero-order valence-corrected chi connectivity index (χ0v) is 11.9. The Labute approximate surface area is 113 Å². The molecule has 0 radical (unpaired) electrons. The molecule has 0 bridgehead atoms. The molecule has 0 saturated carbocycles. The Morgan fingerprint density at radius 3 is 2.11 bits per heavy atom. The Balaban J connectivity index is 2.59. The zero-order chi connectivity index (χ0) is 13.8. The zero-order valence-electron chi connectivity index (χ0n) is 10.3. The monoisotopic (exact) mass is 324 g/mol. The molecule has 0 aromatic heterocycles. The molecule has 18 heavy (non-hydrogen) atoms. The molecule has 0 saturated heterocycles. The van der Waals surface area contributed by atoms with E-state index in [9.17, 15) is 13.2 Å². The molecular weight excluding hydrogens is 309 g/mol. The number of rotatable bonds is 5. The number of benzene rings is 1. The molecule has 1 nitrogen and oxygen atoms in total. The van der Waals surface area contributed by atoms with Crippen molar-refractivity contribution in [3.05, 3.63) is 29.8 Å². The standard InChI is InChI=1S/C13H16BrF3O/c1-9(2)10(7-14)8-18-12-5-3-11(4-6-12)13(15,16)17/h3-6,9-10H,7-8H2,1-2H3. The van der Waals surface area contributed by atoms with Crippen LogP contribution in [0.2, 0.25) is 0 Å². The summed E-state index contributed by atoms with van der Waals surface area (Å²) in [5, 5.41) is 0.811. The number of hydrogen-bond donors (Lipinski definition) is 0. The second kappa shape index (κ2) is 6.45. The van der Waals surface area contributed by atoms with E-state index < -0.39 is 11.7 Å². The van der Waals surface area contributed by atoms with Crippen molar-refractivity contribution in [1.82, 2.24) is 0 Å². The van der Waals surface area contributed by atoms with Crippen LogP contribution in [0.15, 0.2) is 24.3 Å². The van der Waals surface area contributed by atoms with Gasteiger partial charge in [0.1, 0.15) is 5.75 Å². The molecule has 1 atom stereocenters. The summed E-state index contributed by atoms with van der Waals surface area (Å²) in [5.41, 5.74) is -0.657. The van der Waals surface area contributed by atoms with Crippen molar-refractivity contribution in [1.29, 1.82) is 0 Å². The maximum Gasteiger partial charge on any atom is 0.416 e. The molecular formula is C13H16BrF3O. The molecule has 1 unspecified atom stereocenters. The average Bonchev–Trinajstić information content (AvgIpc) is 2.29. The first kappa shape index (κ1) is 15.3. The Kier molecular flexibility index (Phi) is 5.50. The van der Waals surface area contributed by atoms with Crippen molar-refractivity contribution < 1.29 is 17.9 Å². The minimum Gasteiger partial charge on any atom is -0.493 e. The van der Waals surface area contributed by atoms with Crippen LogP contribution in [0.3, 0.4) is 0 Å². The summed E-state index contributed by atoms with van der Waals surface area (Å²) in [7, 11) is 0. The van der Waals surface area contributed by atoms with Gasteiger partial charge in [-0.2, -0.15) is 13.2 Å². The fourth-order valence-electron chi connectivity index (χ4n) is 1.36. The molecule has 0 aliphatic carbocycles. The van der Waals surface area contributed by atoms with Gasteiger partial charge in [-0.25, -0.2) is 0 Å². The fraction of sp³-hybridized carbons (Fsp3) is 0.538. The molecule has 5 heteroatoms. The van der Waals surface area contributed by atoms with Crippen LogP contribution in [-0.4, -0.2) is 11.9 Å². The normalized spacial score (nSPS) is 13.7. The maximum atomic E-state index is 12.3. The van der Waals surface area contributed by atoms with E-state index in [0.29, 0.717) is 24.2 Å². The number of alkyl halides is 4. The first-order valence-corrected chi connectivity index (χ1v) is 6.82. The second-order valence-electron chi connectivity index (χ2n) is 4.49. The highest BCUT2D eigenvalue weighted by molar-refractivity contribution is 9.09. The van der Waals surface area contributed by atoms with Gasteiger partial charge in [0.2, 0.25) is 0 Å². The Hall–Kier alpha value is -0.710. The second-order valence-corrected chi connectivity index (χ2v) is 5.14. The SMILES string of the molecule is CC(C)C(CBr)COc1ccc(C(F)(F)F)cc1. The predicted octanol–water partition coefficient (Wildman–Crippen LogP) is 4.75. The van der Waals surface area contributed by atoms with Crippen molar-refractivity contribution in [2.45, 2.75) is 20.0 Å². The Morgan fingerprint density at radius 1 is 1.17 bits per heavy atom. The van der Waals surface area contributed by atoms with E-state index >= 15 is 0 Å². The van der Waals surface area contributed by atoms with Gasteiger partial charge in [0.05, 0.1) is 12.2 Å². The largest absolute Gasteiger partial charge is 0.493 e. The predicted molar refractivity (Wildman–Crippen MR) is 69.1 cm³/mol. The van der Waals surface area contributed by atoms with Crippen LogP contribution in [0.25, 0.3) is 0 Å². The molecule has 1 aromatic carbocycles. The first-order valence-electron chi connectivity index (χ1n) is 5.70. The van der Waals surface area contributed by atoms with E-state index in [-0.39, 0.29) is 0 Å². The summed E-state index contributed by atoms with van der Waals surface area (Å²) in [4.78, 5) is 0. The summed E-state index contributed by atoms with van der Waals surface area (Å²) in [6, 6.07) is 4.78. The van der Waals surface area contributed by atoms with Gasteiger partial charge in [0.25, 0.3) is 0 Å². The van der Waals surface area contributed by atoms with Crippen LogP contribution in [-0.2, 0) is 6.18 Å². The van der Waals surface area contributed by atoms with Crippen molar-refractivity contribution in [2.24, 2.45) is 11.8 Å². The molecule has 0 fully saturated rings. The van der Waals surface area contributed by atoms with Gasteiger partial charge in [0.15, 0.2) is 0 Å². The third-order valence-corrected chi connectivity index (χ3v) is 3.62. The lowest BCUT2D eigenvalue weighted by molar-refractivity contribution is -0.137. The van der Waals surface area contributed by atoms with E-state index in [1.807, 2.05) is 0 Å². The highest BCUT2D eigenvalue weighted by Crippen LogP contribution is 2.30. The van der Waals surface area contributed by atoms with Gasteiger partial charge in [-0.05, 0) is 30.2 Å². The highest BCUT2D eigenvalue weighted by atomic mass is 79.9. The number of ether oxygens (including phenoxy) is 1. The van der Waals surface area contributed by atoms with Gasteiger partial charge in [0, 0.05) is 11.2 Å². The fourth-order valence-corrected chi connectivity index (χ4v) is 2.29. The summed E-state index contributed by atoms with van der Waals surface area (Å²) in [5.74, 6) is 1.26. The van der Waals surface area contributed by atoms with Crippen LogP contribution < -0.4 is 4.74 Å². The van der Waals surface area contributed by atoms with Crippen molar-refractivity contribution in [3.63, 3.8) is 0 Å². The van der Waals surface area contributed by atoms with Gasteiger partial charge in [-0.1, -0.05) is 29.8 Å². The minimum absolute atomic E-state index is 0.340. The van der Waals surface area contributed by atoms with Crippen LogP contribution in [0.5, 0.6) is 5.75 Å². The van der Waals surface area contributed by atoms with Crippen LogP contribution in [0.1, 0.15) is 19.4 Å². The smallest absolute Gasteiger partial charge is 0.416 e. The van der Waals surface area contributed by atoms with Crippen molar-refractivity contribution in [3.8, 4) is 5.75 Å². The number of halogens is 4. The summed E-state index contributed by atoms with van der Waals surface area (Å²) in [6.45, 7) is 4.67. The van der Waals surface area contributed by atoms with Crippen LogP contribution >= 0.6 is 15.9 Å². The topological polar surface area (TPSA) is 9.23 Å². The van der Waals surface area contributed by atoms with E-state index in [1.165, 1.54) is 12.1 Å². The summed E-state index contributed by atoms with van der Waals surface area (Å²) >= 11 is 3.40. The molecule has 1 rings (SSSR count). The van der Waals surface area contributed by atoms with E-state index in [0.717, 1.165) is 17.5 Å². The highest BCUT2D eigenvalue weighted by Gasteiger charge is 2.30. The lowest BCUT2D eigenvalue weighted by Gasteiger charge is -2.18. The minimum atomic E-state index is -4.30. The van der Waals surface area contributed by atoms with Crippen molar-refractivity contribution in [2.75, 3.05) is 11.9 Å². The van der Waals surface area contributed by atoms with Crippen LogP contribution in [0, 0.1) is 11.8 Å². The Bertz CT molecular complexity index is 359. The van der Waals surface area contributed by atoms with E-state index in [1.54, 1.807) is 0 Å². The molecule has 0 amide bonds. The van der Waals surface area contributed by atoms with Crippen LogP contribution in [0.4, 0.5) is 13.2 Å². The average molecular weight is 325 g/mol. The molecule has 0 aliphatic heterocycles. The van der Waals surface area contributed by atoms with Crippen molar-refractivity contribution >= 4 is 15.9 Å². The third kappa shape index (κ3) is 4.52. The van der Waals surface area contributed by atoms with Gasteiger partial charge >= 0.3 is 6.18 Å².